The quantitative estimate of drug-likeness (QED) is 0.856. The number of nitrogens with one attached hydrogen (secondary N) is 1. The number of nitrogens with two attached hydrogens (primary N) is 1. The molecular weight excluding hydrogens is 298 g/mol. The Kier molecular flexibility index (Phi) is 3.87. The number of rotatable bonds is 3. The van der Waals surface area contributed by atoms with Crippen molar-refractivity contribution in [2.24, 2.45) is 0 Å². The van der Waals surface area contributed by atoms with E-state index in [0.29, 0.717) is 11.1 Å². The van der Waals surface area contributed by atoms with Crippen molar-refractivity contribution in [2.45, 2.75) is 18.7 Å². The van der Waals surface area contributed by atoms with Crippen LogP contribution in [0, 0.1) is 25.5 Å². The van der Waals surface area contributed by atoms with E-state index in [1.165, 1.54) is 12.1 Å². The molecule has 112 valence electrons. The van der Waals surface area contributed by atoms with Crippen molar-refractivity contribution in [1.82, 2.24) is 0 Å². The smallest absolute Gasteiger partial charge is 0.264 e. The summed E-state index contributed by atoms with van der Waals surface area (Å²) in [5.74, 6) is -1.68. The monoisotopic (exact) mass is 312 g/mol. The fraction of sp³-hybridized carbons (Fsp3) is 0.143. The summed E-state index contributed by atoms with van der Waals surface area (Å²) in [6.07, 6.45) is 0. The van der Waals surface area contributed by atoms with Crippen LogP contribution in [0.25, 0.3) is 0 Å². The predicted octanol–water partition coefficient (Wildman–Crippen LogP) is 2.96. The summed E-state index contributed by atoms with van der Waals surface area (Å²) in [6.45, 7) is 3.23. The van der Waals surface area contributed by atoms with Crippen LogP contribution in [0.1, 0.15) is 11.1 Å². The molecule has 0 bridgehead atoms. The van der Waals surface area contributed by atoms with E-state index in [-0.39, 0.29) is 11.4 Å². The first-order chi connectivity index (χ1) is 9.70. The van der Waals surface area contributed by atoms with Gasteiger partial charge in [0.2, 0.25) is 0 Å². The first-order valence-corrected chi connectivity index (χ1v) is 7.53. The molecule has 0 atom stereocenters. The van der Waals surface area contributed by atoms with E-state index in [9.17, 15) is 17.2 Å². The van der Waals surface area contributed by atoms with E-state index in [1.807, 2.05) is 4.72 Å². The lowest BCUT2D eigenvalue weighted by atomic mass is 10.2. The number of aryl methyl sites for hydroxylation is 2. The molecule has 0 amide bonds. The average Bonchev–Trinajstić information content (AvgIpc) is 2.37. The average molecular weight is 312 g/mol. The Balaban J connectivity index is 2.46. The second-order valence-corrected chi connectivity index (χ2v) is 6.38. The molecule has 0 spiro atoms. The number of halogens is 2. The molecular formula is C14H14F2N2O2S. The van der Waals surface area contributed by atoms with Crippen molar-refractivity contribution < 1.29 is 17.2 Å². The zero-order valence-corrected chi connectivity index (χ0v) is 12.3. The molecule has 0 aliphatic heterocycles. The lowest BCUT2D eigenvalue weighted by Crippen LogP contribution is -2.16. The topological polar surface area (TPSA) is 72.2 Å². The molecule has 0 fully saturated rings. The SMILES string of the molecule is Cc1ccc(NS(=O)(=O)c2cc(N)c(C)cc2F)c(F)c1. The van der Waals surface area contributed by atoms with Gasteiger partial charge >= 0.3 is 0 Å². The van der Waals surface area contributed by atoms with Gasteiger partial charge < -0.3 is 5.73 Å². The highest BCUT2D eigenvalue weighted by Gasteiger charge is 2.21. The van der Waals surface area contributed by atoms with Crippen LogP contribution in [-0.4, -0.2) is 8.42 Å². The van der Waals surface area contributed by atoms with Crippen LogP contribution >= 0.6 is 0 Å². The normalized spacial score (nSPS) is 11.4. The molecule has 3 N–H and O–H groups in total. The molecule has 0 saturated heterocycles. The van der Waals surface area contributed by atoms with Crippen LogP contribution in [0.3, 0.4) is 0 Å². The first-order valence-electron chi connectivity index (χ1n) is 6.05. The minimum absolute atomic E-state index is 0.140. The Morgan fingerprint density at radius 2 is 1.71 bits per heavy atom. The van der Waals surface area contributed by atoms with Gasteiger partial charge in [0.15, 0.2) is 0 Å². The van der Waals surface area contributed by atoms with Gasteiger partial charge in [-0.25, -0.2) is 17.2 Å². The molecule has 0 heterocycles. The second-order valence-electron chi connectivity index (χ2n) is 4.73. The highest BCUT2D eigenvalue weighted by Crippen LogP contribution is 2.25. The zero-order valence-electron chi connectivity index (χ0n) is 11.4. The third-order valence-electron chi connectivity index (χ3n) is 2.98. The fourth-order valence-electron chi connectivity index (χ4n) is 1.78. The molecule has 0 saturated carbocycles. The molecule has 2 aromatic carbocycles. The van der Waals surface area contributed by atoms with Gasteiger partial charge in [0.05, 0.1) is 5.69 Å². The summed E-state index contributed by atoms with van der Waals surface area (Å²) in [7, 11) is -4.26. The number of hydrogen-bond donors (Lipinski definition) is 2. The van der Waals surface area contributed by atoms with Crippen molar-refractivity contribution in [3.63, 3.8) is 0 Å². The number of nitrogen functional groups attached to an aromatic ring is 1. The van der Waals surface area contributed by atoms with Crippen molar-refractivity contribution >= 4 is 21.4 Å². The van der Waals surface area contributed by atoms with Crippen LogP contribution in [-0.2, 0) is 10.0 Å². The summed E-state index contributed by atoms with van der Waals surface area (Å²) in [5.41, 5.74) is 6.55. The Labute approximate surface area is 121 Å². The highest BCUT2D eigenvalue weighted by molar-refractivity contribution is 7.92. The van der Waals surface area contributed by atoms with Gasteiger partial charge in [-0.2, -0.15) is 0 Å². The standard InChI is InChI=1S/C14H14F2N2O2S/c1-8-3-4-13(10(15)5-8)18-21(19,20)14-7-12(17)9(2)6-11(14)16/h3-7,18H,17H2,1-2H3. The molecule has 21 heavy (non-hydrogen) atoms. The van der Waals surface area contributed by atoms with Gasteiger partial charge in [-0.3, -0.25) is 4.72 Å². The second kappa shape index (κ2) is 5.33. The molecule has 4 nitrogen and oxygen atoms in total. The molecule has 0 aromatic heterocycles. The van der Waals surface area contributed by atoms with Gasteiger partial charge in [-0.05, 0) is 49.2 Å². The van der Waals surface area contributed by atoms with Crippen molar-refractivity contribution in [3.05, 3.63) is 53.1 Å². The maximum Gasteiger partial charge on any atom is 0.264 e. The van der Waals surface area contributed by atoms with Crippen LogP contribution in [0.15, 0.2) is 35.2 Å². The molecule has 7 heteroatoms. The molecule has 0 unspecified atom stereocenters. The van der Waals surface area contributed by atoms with Crippen molar-refractivity contribution in [1.29, 1.82) is 0 Å². The minimum atomic E-state index is -4.26. The van der Waals surface area contributed by atoms with Crippen molar-refractivity contribution in [2.75, 3.05) is 10.5 Å². The zero-order chi connectivity index (χ0) is 15.8. The van der Waals surface area contributed by atoms with E-state index < -0.39 is 26.6 Å². The summed E-state index contributed by atoms with van der Waals surface area (Å²) < 4.78 is 53.8. The molecule has 2 aromatic rings. The Morgan fingerprint density at radius 3 is 2.33 bits per heavy atom. The number of anilines is 2. The van der Waals surface area contributed by atoms with E-state index in [4.69, 9.17) is 5.73 Å². The lowest BCUT2D eigenvalue weighted by Gasteiger charge is -2.11. The van der Waals surface area contributed by atoms with Crippen LogP contribution in [0.5, 0.6) is 0 Å². The van der Waals surface area contributed by atoms with Gasteiger partial charge in [0.25, 0.3) is 10.0 Å². The summed E-state index contributed by atoms with van der Waals surface area (Å²) in [4.78, 5) is -0.620. The number of sulfonamides is 1. The highest BCUT2D eigenvalue weighted by atomic mass is 32.2. The Bertz CT molecular complexity index is 805. The van der Waals surface area contributed by atoms with E-state index in [2.05, 4.69) is 0 Å². The summed E-state index contributed by atoms with van der Waals surface area (Å²) in [6, 6.07) is 6.03. The lowest BCUT2D eigenvalue weighted by molar-refractivity contribution is 0.569. The molecule has 0 aliphatic rings. The Hall–Kier alpha value is -2.15. The molecule has 0 radical (unpaired) electrons. The predicted molar refractivity (Wildman–Crippen MR) is 77.5 cm³/mol. The molecule has 2 rings (SSSR count). The number of benzene rings is 2. The Morgan fingerprint density at radius 1 is 1.05 bits per heavy atom. The summed E-state index contributed by atoms with van der Waals surface area (Å²) in [5, 5.41) is 0. The third-order valence-corrected chi connectivity index (χ3v) is 4.36. The largest absolute Gasteiger partial charge is 0.398 e. The van der Waals surface area contributed by atoms with Gasteiger partial charge in [0.1, 0.15) is 16.5 Å². The maximum atomic E-state index is 13.8. The maximum absolute atomic E-state index is 13.8. The number of hydrogen-bond acceptors (Lipinski definition) is 3. The van der Waals surface area contributed by atoms with Crippen LogP contribution in [0.4, 0.5) is 20.2 Å². The van der Waals surface area contributed by atoms with E-state index >= 15 is 0 Å². The van der Waals surface area contributed by atoms with Gasteiger partial charge in [-0.1, -0.05) is 6.07 Å². The van der Waals surface area contributed by atoms with Crippen LogP contribution < -0.4 is 10.5 Å². The van der Waals surface area contributed by atoms with Crippen molar-refractivity contribution in [3.8, 4) is 0 Å². The van der Waals surface area contributed by atoms with Crippen LogP contribution in [0.2, 0.25) is 0 Å². The summed E-state index contributed by atoms with van der Waals surface area (Å²) >= 11 is 0. The van der Waals surface area contributed by atoms with Gasteiger partial charge in [0, 0.05) is 5.69 Å². The first kappa shape index (κ1) is 15.2. The minimum Gasteiger partial charge on any atom is -0.398 e. The van der Waals surface area contributed by atoms with E-state index in [1.54, 1.807) is 19.9 Å². The van der Waals surface area contributed by atoms with E-state index in [0.717, 1.165) is 12.1 Å². The van der Waals surface area contributed by atoms with Gasteiger partial charge in [-0.15, -0.1) is 0 Å². The fourth-order valence-corrected chi connectivity index (χ4v) is 2.94. The third kappa shape index (κ3) is 3.13. The molecule has 0 aliphatic carbocycles.